The molecular weight excluding hydrogens is 480 g/mol. The summed E-state index contributed by atoms with van der Waals surface area (Å²) in [6, 6.07) is 17.3. The van der Waals surface area contributed by atoms with Crippen LogP contribution in [0.25, 0.3) is 5.82 Å². The van der Waals surface area contributed by atoms with E-state index < -0.39 is 10.0 Å². The molecule has 2 aromatic carbocycles. The number of ether oxygens (including phenoxy) is 2. The molecule has 1 N–H and O–H groups in total. The van der Waals surface area contributed by atoms with E-state index in [-0.39, 0.29) is 22.8 Å². The summed E-state index contributed by atoms with van der Waals surface area (Å²) in [5, 5.41) is 3.04. The predicted octanol–water partition coefficient (Wildman–Crippen LogP) is 3.69. The van der Waals surface area contributed by atoms with Crippen LogP contribution < -0.4 is 19.3 Å². The maximum atomic E-state index is 13.3. The minimum atomic E-state index is -3.82. The van der Waals surface area contributed by atoms with Crippen LogP contribution in [-0.2, 0) is 16.4 Å². The average Bonchev–Trinajstić information content (AvgIpc) is 3.18. The normalized spacial score (nSPS) is 11.3. The first-order valence-corrected chi connectivity index (χ1v) is 12.8. The molecule has 2 heterocycles. The number of nitrogens with one attached hydrogen (secondary N) is 1. The molecule has 2 aromatic heterocycles. The summed E-state index contributed by atoms with van der Waals surface area (Å²) in [4.78, 5) is 17.6. The van der Waals surface area contributed by atoms with Crippen LogP contribution in [0.2, 0.25) is 0 Å². The van der Waals surface area contributed by atoms with Crippen molar-refractivity contribution in [3.05, 3.63) is 94.0 Å². The van der Waals surface area contributed by atoms with Gasteiger partial charge in [-0.05, 0) is 56.3 Å². The van der Waals surface area contributed by atoms with Gasteiger partial charge in [0.15, 0.2) is 5.82 Å². The van der Waals surface area contributed by atoms with Crippen molar-refractivity contribution in [2.75, 3.05) is 25.1 Å². The van der Waals surface area contributed by atoms with Gasteiger partial charge in [-0.25, -0.2) is 18.1 Å². The Bertz CT molecular complexity index is 1510. The standard InChI is InChI=1S/C26H28N4O5S/c1-5-29(20-9-7-6-8-10-20)36(32,33)22-12-14-25(27-17-22)30-26(31)23(18(2)28-30)16-19-15-21(34-3)11-13-24(19)35-4/h6-15,17,28H,5,16H2,1-4H3. The van der Waals surface area contributed by atoms with E-state index >= 15 is 0 Å². The van der Waals surface area contributed by atoms with Gasteiger partial charge in [0.05, 0.1) is 19.9 Å². The molecule has 0 atom stereocenters. The second-order valence-corrected chi connectivity index (χ2v) is 9.93. The number of anilines is 1. The van der Waals surface area contributed by atoms with Gasteiger partial charge in [0.25, 0.3) is 15.6 Å². The van der Waals surface area contributed by atoms with Gasteiger partial charge in [-0.2, -0.15) is 0 Å². The fourth-order valence-corrected chi connectivity index (χ4v) is 5.45. The van der Waals surface area contributed by atoms with Gasteiger partial charge in [-0.1, -0.05) is 18.2 Å². The Morgan fingerprint density at radius 3 is 2.39 bits per heavy atom. The second-order valence-electron chi connectivity index (χ2n) is 8.07. The number of sulfonamides is 1. The third kappa shape index (κ3) is 4.72. The van der Waals surface area contributed by atoms with E-state index in [1.165, 1.54) is 27.3 Å². The largest absolute Gasteiger partial charge is 0.497 e. The molecule has 0 saturated heterocycles. The van der Waals surface area contributed by atoms with Crippen molar-refractivity contribution in [1.82, 2.24) is 14.8 Å². The fraction of sp³-hybridized carbons (Fsp3) is 0.231. The van der Waals surface area contributed by atoms with Crippen LogP contribution in [-0.4, -0.2) is 43.9 Å². The van der Waals surface area contributed by atoms with Gasteiger partial charge in [-0.15, -0.1) is 0 Å². The van der Waals surface area contributed by atoms with E-state index in [0.717, 1.165) is 5.56 Å². The monoisotopic (exact) mass is 508 g/mol. The number of aromatic nitrogens is 3. The number of hydrogen-bond donors (Lipinski definition) is 1. The van der Waals surface area contributed by atoms with Crippen LogP contribution in [0.3, 0.4) is 0 Å². The molecule has 0 aliphatic heterocycles. The molecule has 0 bridgehead atoms. The summed E-state index contributed by atoms with van der Waals surface area (Å²) >= 11 is 0. The zero-order valence-corrected chi connectivity index (χ0v) is 21.4. The first kappa shape index (κ1) is 25.1. The molecule has 9 nitrogen and oxygen atoms in total. The van der Waals surface area contributed by atoms with Crippen LogP contribution >= 0.6 is 0 Å². The molecule has 0 spiro atoms. The van der Waals surface area contributed by atoms with Crippen LogP contribution in [0.4, 0.5) is 5.69 Å². The number of methoxy groups -OCH3 is 2. The summed E-state index contributed by atoms with van der Waals surface area (Å²) in [7, 11) is -0.671. The molecule has 0 fully saturated rings. The van der Waals surface area contributed by atoms with Crippen molar-refractivity contribution in [3.8, 4) is 17.3 Å². The number of benzene rings is 2. The lowest BCUT2D eigenvalue weighted by Crippen LogP contribution is -2.30. The van der Waals surface area contributed by atoms with E-state index in [0.29, 0.717) is 34.9 Å². The number of hydrogen-bond acceptors (Lipinski definition) is 6. The highest BCUT2D eigenvalue weighted by Gasteiger charge is 2.24. The maximum Gasteiger partial charge on any atom is 0.276 e. The quantitative estimate of drug-likeness (QED) is 0.370. The fourth-order valence-electron chi connectivity index (χ4n) is 4.03. The Morgan fingerprint density at radius 2 is 1.78 bits per heavy atom. The lowest BCUT2D eigenvalue weighted by Gasteiger charge is -2.22. The molecule has 0 aliphatic carbocycles. The van der Waals surface area contributed by atoms with Crippen molar-refractivity contribution in [3.63, 3.8) is 0 Å². The van der Waals surface area contributed by atoms with Crippen LogP contribution in [0, 0.1) is 6.92 Å². The van der Waals surface area contributed by atoms with Crippen LogP contribution in [0.15, 0.2) is 76.6 Å². The van der Waals surface area contributed by atoms with Crippen molar-refractivity contribution in [2.24, 2.45) is 0 Å². The third-order valence-corrected chi connectivity index (χ3v) is 7.80. The Labute approximate surface area is 210 Å². The first-order valence-electron chi connectivity index (χ1n) is 11.4. The lowest BCUT2D eigenvalue weighted by molar-refractivity contribution is 0.399. The summed E-state index contributed by atoms with van der Waals surface area (Å²) < 4.78 is 39.9. The van der Waals surface area contributed by atoms with Crippen LogP contribution in [0.5, 0.6) is 11.5 Å². The Hall–Kier alpha value is -4.05. The molecule has 0 saturated carbocycles. The van der Waals surface area contributed by atoms with Crippen molar-refractivity contribution < 1.29 is 17.9 Å². The molecule has 0 amide bonds. The second kappa shape index (κ2) is 10.3. The molecule has 4 aromatic rings. The van der Waals surface area contributed by atoms with Crippen molar-refractivity contribution >= 4 is 15.7 Å². The molecular formula is C26H28N4O5S. The van der Waals surface area contributed by atoms with Crippen LogP contribution in [0.1, 0.15) is 23.7 Å². The van der Waals surface area contributed by atoms with E-state index in [4.69, 9.17) is 9.47 Å². The van der Waals surface area contributed by atoms with Gasteiger partial charge < -0.3 is 9.47 Å². The van der Waals surface area contributed by atoms with Gasteiger partial charge in [0.2, 0.25) is 0 Å². The topological polar surface area (TPSA) is 107 Å². The third-order valence-electron chi connectivity index (χ3n) is 5.92. The summed E-state index contributed by atoms with van der Waals surface area (Å²) in [6.07, 6.45) is 1.59. The maximum absolute atomic E-state index is 13.3. The summed E-state index contributed by atoms with van der Waals surface area (Å²) in [5.74, 6) is 1.59. The molecule has 4 rings (SSSR count). The van der Waals surface area contributed by atoms with Crippen molar-refractivity contribution in [1.29, 1.82) is 0 Å². The number of H-pyrrole nitrogens is 1. The predicted molar refractivity (Wildman–Crippen MR) is 138 cm³/mol. The van der Waals surface area contributed by atoms with Crippen molar-refractivity contribution in [2.45, 2.75) is 25.2 Å². The average molecular weight is 509 g/mol. The van der Waals surface area contributed by atoms with Gasteiger partial charge in [0, 0.05) is 36.0 Å². The van der Waals surface area contributed by atoms with E-state index in [9.17, 15) is 13.2 Å². The number of aromatic amines is 1. The zero-order chi connectivity index (χ0) is 25.9. The van der Waals surface area contributed by atoms with E-state index in [2.05, 4.69) is 10.1 Å². The SMILES string of the molecule is CCN(c1ccccc1)S(=O)(=O)c1ccc(-n2[nH]c(C)c(Cc3cc(OC)ccc3OC)c2=O)nc1. The minimum absolute atomic E-state index is 0.0367. The molecule has 0 unspecified atom stereocenters. The number of para-hydroxylation sites is 1. The highest BCUT2D eigenvalue weighted by Crippen LogP contribution is 2.27. The molecule has 0 aliphatic rings. The molecule has 10 heteroatoms. The summed E-state index contributed by atoms with van der Waals surface area (Å²) in [5.41, 5.74) is 2.31. The minimum Gasteiger partial charge on any atom is -0.497 e. The Morgan fingerprint density at radius 1 is 1.03 bits per heavy atom. The number of rotatable bonds is 9. The van der Waals surface area contributed by atoms with E-state index in [1.807, 2.05) is 12.1 Å². The highest BCUT2D eigenvalue weighted by molar-refractivity contribution is 7.92. The van der Waals surface area contributed by atoms with E-state index in [1.54, 1.807) is 64.5 Å². The van der Waals surface area contributed by atoms with Gasteiger partial charge in [0.1, 0.15) is 16.4 Å². The zero-order valence-electron chi connectivity index (χ0n) is 20.6. The first-order chi connectivity index (χ1) is 17.3. The summed E-state index contributed by atoms with van der Waals surface area (Å²) in [6.45, 7) is 3.84. The number of aryl methyl sites for hydroxylation is 1. The number of pyridine rings is 1. The smallest absolute Gasteiger partial charge is 0.276 e. The number of nitrogens with zero attached hydrogens (tertiary/aromatic N) is 3. The van der Waals surface area contributed by atoms with Gasteiger partial charge >= 0.3 is 0 Å². The van der Waals surface area contributed by atoms with Gasteiger partial charge in [-0.3, -0.25) is 14.2 Å². The molecule has 188 valence electrons. The Kier molecular flexibility index (Phi) is 7.16. The Balaban J connectivity index is 1.65. The molecule has 36 heavy (non-hydrogen) atoms. The lowest BCUT2D eigenvalue weighted by atomic mass is 10.0. The molecule has 0 radical (unpaired) electrons. The highest BCUT2D eigenvalue weighted by atomic mass is 32.2.